The Balaban J connectivity index is 2.60. The topological polar surface area (TPSA) is 26.3 Å². The van der Waals surface area contributed by atoms with Crippen LogP contribution in [0.15, 0.2) is 22.7 Å². The zero-order chi connectivity index (χ0) is 8.72. The predicted octanol–water partition coefficient (Wildman–Crippen LogP) is 2.68. The maximum Gasteiger partial charge on any atom is 0.339 e. The summed E-state index contributed by atoms with van der Waals surface area (Å²) in [6.07, 6.45) is -0.106. The molecule has 0 bridgehead atoms. The van der Waals surface area contributed by atoms with E-state index in [0.29, 0.717) is 5.56 Å². The Morgan fingerprint density at radius 1 is 1.50 bits per heavy atom. The average molecular weight is 227 g/mol. The fraction of sp³-hybridized carbons (Fsp3) is 0.222. The fourth-order valence-corrected chi connectivity index (χ4v) is 1.72. The summed E-state index contributed by atoms with van der Waals surface area (Å²) in [5, 5.41) is 0. The number of rotatable bonds is 0. The molecule has 0 saturated carbocycles. The third-order valence-electron chi connectivity index (χ3n) is 1.96. The highest BCUT2D eigenvalue weighted by Crippen LogP contribution is 2.31. The Kier molecular flexibility index (Phi) is 1.68. The number of cyclic esters (lactones) is 1. The number of esters is 1. The normalized spacial score (nSPS) is 20.5. The van der Waals surface area contributed by atoms with Crippen LogP contribution in [0.5, 0.6) is 0 Å². The molecule has 1 heterocycles. The molecule has 0 amide bonds. The monoisotopic (exact) mass is 226 g/mol. The summed E-state index contributed by atoms with van der Waals surface area (Å²) in [5.74, 6) is -0.218. The molecule has 1 aromatic carbocycles. The maximum atomic E-state index is 11.1. The Bertz CT molecular complexity index is 346. The minimum atomic E-state index is -0.218. The molecule has 1 atom stereocenters. The van der Waals surface area contributed by atoms with E-state index in [-0.39, 0.29) is 12.1 Å². The van der Waals surface area contributed by atoms with Crippen LogP contribution in [0.3, 0.4) is 0 Å². The third-order valence-corrected chi connectivity index (χ3v) is 2.45. The summed E-state index contributed by atoms with van der Waals surface area (Å²) in [4.78, 5) is 11.1. The van der Waals surface area contributed by atoms with Crippen LogP contribution < -0.4 is 0 Å². The van der Waals surface area contributed by atoms with Gasteiger partial charge in [-0.3, -0.25) is 0 Å². The van der Waals surface area contributed by atoms with Gasteiger partial charge in [-0.2, -0.15) is 0 Å². The van der Waals surface area contributed by atoms with Crippen molar-refractivity contribution in [3.05, 3.63) is 33.8 Å². The van der Waals surface area contributed by atoms with Crippen LogP contribution in [0.1, 0.15) is 28.9 Å². The van der Waals surface area contributed by atoms with Crippen molar-refractivity contribution in [2.24, 2.45) is 0 Å². The first-order valence-corrected chi connectivity index (χ1v) is 4.48. The van der Waals surface area contributed by atoms with Crippen molar-refractivity contribution >= 4 is 21.9 Å². The molecule has 2 nitrogen and oxygen atoms in total. The molecule has 0 radical (unpaired) electrons. The van der Waals surface area contributed by atoms with Crippen LogP contribution in [0.25, 0.3) is 0 Å². The third kappa shape index (κ3) is 1.05. The average Bonchev–Trinajstić information content (AvgIpc) is 2.28. The van der Waals surface area contributed by atoms with Gasteiger partial charge < -0.3 is 4.74 Å². The number of fused-ring (bicyclic) bond motifs is 1. The van der Waals surface area contributed by atoms with Gasteiger partial charge in [-0.05, 0) is 25.1 Å². The first kappa shape index (κ1) is 7.80. The first-order chi connectivity index (χ1) is 5.68. The molecular formula is C9H7BrO2. The lowest BCUT2D eigenvalue weighted by Gasteiger charge is -2.01. The number of carbonyl (C=O) groups excluding carboxylic acids is 1. The summed E-state index contributed by atoms with van der Waals surface area (Å²) < 4.78 is 6.01. The molecule has 1 aromatic rings. The van der Waals surface area contributed by atoms with Crippen LogP contribution in [-0.4, -0.2) is 5.97 Å². The van der Waals surface area contributed by atoms with E-state index in [1.54, 1.807) is 6.07 Å². The smallest absolute Gasteiger partial charge is 0.339 e. The number of ether oxygens (including phenoxy) is 1. The molecule has 0 spiro atoms. The SMILES string of the molecule is C[C@H]1OC(=O)c2ccc(Br)cc21. The van der Waals surface area contributed by atoms with Gasteiger partial charge >= 0.3 is 5.97 Å². The van der Waals surface area contributed by atoms with E-state index in [1.165, 1.54) is 0 Å². The lowest BCUT2D eigenvalue weighted by molar-refractivity contribution is 0.0422. The van der Waals surface area contributed by atoms with Crippen molar-refractivity contribution < 1.29 is 9.53 Å². The second kappa shape index (κ2) is 2.59. The number of benzene rings is 1. The Hall–Kier alpha value is -0.830. The molecule has 3 heteroatoms. The van der Waals surface area contributed by atoms with E-state index >= 15 is 0 Å². The summed E-state index contributed by atoms with van der Waals surface area (Å²) >= 11 is 3.35. The minimum absolute atomic E-state index is 0.106. The molecule has 2 rings (SSSR count). The number of carbonyl (C=O) groups is 1. The zero-order valence-corrected chi connectivity index (χ0v) is 8.09. The van der Waals surface area contributed by atoms with Crippen molar-refractivity contribution in [3.63, 3.8) is 0 Å². The van der Waals surface area contributed by atoms with E-state index in [4.69, 9.17) is 4.74 Å². The van der Waals surface area contributed by atoms with E-state index in [0.717, 1.165) is 10.0 Å². The highest BCUT2D eigenvalue weighted by Gasteiger charge is 2.27. The first-order valence-electron chi connectivity index (χ1n) is 3.69. The lowest BCUT2D eigenvalue weighted by Crippen LogP contribution is -1.93. The second-order valence-electron chi connectivity index (χ2n) is 2.78. The van der Waals surface area contributed by atoms with Gasteiger partial charge in [-0.15, -0.1) is 0 Å². The molecule has 0 unspecified atom stereocenters. The molecule has 62 valence electrons. The van der Waals surface area contributed by atoms with Gasteiger partial charge in [0.05, 0.1) is 5.56 Å². The molecule has 1 aliphatic rings. The Labute approximate surface area is 78.7 Å². The van der Waals surface area contributed by atoms with Crippen molar-refractivity contribution in [2.75, 3.05) is 0 Å². The van der Waals surface area contributed by atoms with E-state index in [9.17, 15) is 4.79 Å². The van der Waals surface area contributed by atoms with Gasteiger partial charge in [0.1, 0.15) is 6.10 Å². The lowest BCUT2D eigenvalue weighted by atomic mass is 10.1. The Morgan fingerprint density at radius 2 is 2.25 bits per heavy atom. The molecule has 1 aliphatic heterocycles. The van der Waals surface area contributed by atoms with Crippen molar-refractivity contribution in [3.8, 4) is 0 Å². The largest absolute Gasteiger partial charge is 0.454 e. The number of halogens is 1. The highest BCUT2D eigenvalue weighted by molar-refractivity contribution is 9.10. The van der Waals surface area contributed by atoms with Crippen LogP contribution in [0.2, 0.25) is 0 Å². The fourth-order valence-electron chi connectivity index (χ4n) is 1.34. The van der Waals surface area contributed by atoms with Gasteiger partial charge in [0, 0.05) is 10.0 Å². The molecule has 0 saturated heterocycles. The van der Waals surface area contributed by atoms with E-state index in [1.807, 2.05) is 19.1 Å². The predicted molar refractivity (Wildman–Crippen MR) is 48.0 cm³/mol. The number of hydrogen-bond acceptors (Lipinski definition) is 2. The molecule has 0 fully saturated rings. The van der Waals surface area contributed by atoms with Crippen LogP contribution in [0.4, 0.5) is 0 Å². The van der Waals surface area contributed by atoms with Gasteiger partial charge in [0.25, 0.3) is 0 Å². The molecule has 0 N–H and O–H groups in total. The van der Waals surface area contributed by atoms with Crippen molar-refractivity contribution in [2.45, 2.75) is 13.0 Å². The van der Waals surface area contributed by atoms with Gasteiger partial charge in [-0.25, -0.2) is 4.79 Å². The Morgan fingerprint density at radius 3 is 3.00 bits per heavy atom. The van der Waals surface area contributed by atoms with E-state index < -0.39 is 0 Å². The molecular weight excluding hydrogens is 220 g/mol. The number of hydrogen-bond donors (Lipinski definition) is 0. The minimum Gasteiger partial charge on any atom is -0.454 e. The van der Waals surface area contributed by atoms with Crippen molar-refractivity contribution in [1.82, 2.24) is 0 Å². The maximum absolute atomic E-state index is 11.1. The van der Waals surface area contributed by atoms with Gasteiger partial charge in [-0.1, -0.05) is 15.9 Å². The zero-order valence-electron chi connectivity index (χ0n) is 6.50. The van der Waals surface area contributed by atoms with Crippen molar-refractivity contribution in [1.29, 1.82) is 0 Å². The highest BCUT2D eigenvalue weighted by atomic mass is 79.9. The molecule has 0 aromatic heterocycles. The van der Waals surface area contributed by atoms with Gasteiger partial charge in [0.15, 0.2) is 0 Å². The quantitative estimate of drug-likeness (QED) is 0.637. The van der Waals surface area contributed by atoms with Crippen LogP contribution >= 0.6 is 15.9 Å². The molecule has 12 heavy (non-hydrogen) atoms. The summed E-state index contributed by atoms with van der Waals surface area (Å²) in [6.45, 7) is 1.87. The summed E-state index contributed by atoms with van der Waals surface area (Å²) in [6, 6.07) is 5.55. The summed E-state index contributed by atoms with van der Waals surface area (Å²) in [5.41, 5.74) is 1.65. The van der Waals surface area contributed by atoms with Crippen LogP contribution in [0, 0.1) is 0 Å². The second-order valence-corrected chi connectivity index (χ2v) is 3.69. The summed E-state index contributed by atoms with van der Waals surface area (Å²) in [7, 11) is 0. The van der Waals surface area contributed by atoms with Gasteiger partial charge in [0.2, 0.25) is 0 Å². The standard InChI is InChI=1S/C9H7BrO2/c1-5-8-4-6(10)2-3-7(8)9(11)12-5/h2-5H,1H3/t5-/m1/s1. The van der Waals surface area contributed by atoms with E-state index in [2.05, 4.69) is 15.9 Å². The molecule has 0 aliphatic carbocycles. The van der Waals surface area contributed by atoms with Crippen LogP contribution in [-0.2, 0) is 4.74 Å².